The molecule has 1 atom stereocenters. The first-order chi connectivity index (χ1) is 19.5. The molecule has 1 saturated carbocycles. The number of anilines is 1. The van der Waals surface area contributed by atoms with Gasteiger partial charge in [0.1, 0.15) is 11.9 Å². The van der Waals surface area contributed by atoms with Crippen LogP contribution in [-0.2, 0) is 4.79 Å². The molecule has 13 heteroatoms. The lowest BCUT2D eigenvalue weighted by atomic mass is 10.1. The highest BCUT2D eigenvalue weighted by molar-refractivity contribution is 5.95. The summed E-state index contributed by atoms with van der Waals surface area (Å²) in [5, 5.41) is 12.7. The number of carbonyl (C=O) groups is 2. The second kappa shape index (κ2) is 11.2. The maximum atomic E-state index is 14.6. The first-order valence-electron chi connectivity index (χ1n) is 13.2. The molecule has 2 aromatic heterocycles. The van der Waals surface area contributed by atoms with E-state index in [0.29, 0.717) is 29.3 Å². The Morgan fingerprint density at radius 3 is 2.61 bits per heavy atom. The zero-order chi connectivity index (χ0) is 29.4. The molecular weight excluding hydrogens is 539 g/mol. The van der Waals surface area contributed by atoms with Crippen molar-refractivity contribution in [1.82, 2.24) is 24.7 Å². The van der Waals surface area contributed by atoms with Gasteiger partial charge in [0.2, 0.25) is 5.91 Å². The van der Waals surface area contributed by atoms with E-state index in [1.807, 2.05) is 0 Å². The lowest BCUT2D eigenvalue weighted by Gasteiger charge is -2.41. The van der Waals surface area contributed by atoms with Crippen molar-refractivity contribution in [1.29, 1.82) is 0 Å². The van der Waals surface area contributed by atoms with E-state index >= 15 is 0 Å². The van der Waals surface area contributed by atoms with Gasteiger partial charge in [-0.1, -0.05) is 6.58 Å². The van der Waals surface area contributed by atoms with E-state index in [0.717, 1.165) is 38.1 Å². The highest BCUT2D eigenvalue weighted by atomic mass is 19.1. The number of ether oxygens (including phenoxy) is 1. The molecule has 2 aliphatic heterocycles. The molecule has 3 aliphatic rings. The highest BCUT2D eigenvalue weighted by Crippen LogP contribution is 2.32. The fourth-order valence-corrected chi connectivity index (χ4v) is 4.64. The maximum absolute atomic E-state index is 14.6. The second-order valence-electron chi connectivity index (χ2n) is 10.4. The summed E-state index contributed by atoms with van der Waals surface area (Å²) in [5.41, 5.74) is 2.12. The summed E-state index contributed by atoms with van der Waals surface area (Å²) in [6, 6.07) is 0.377. The minimum atomic E-state index is -0.815. The van der Waals surface area contributed by atoms with Crippen LogP contribution < -0.4 is 10.1 Å². The number of pyridine rings is 1. The lowest BCUT2D eigenvalue weighted by Crippen LogP contribution is -2.59. The average Bonchev–Trinajstić information content (AvgIpc) is 3.56. The Morgan fingerprint density at radius 1 is 1.20 bits per heavy atom. The van der Waals surface area contributed by atoms with Gasteiger partial charge < -0.3 is 15.0 Å². The Balaban J connectivity index is 1.22. The smallest absolute Gasteiger partial charge is 0.341 e. The van der Waals surface area contributed by atoms with Crippen LogP contribution in [0.4, 0.5) is 23.7 Å². The number of hydrogen-bond acceptors (Lipinski definition) is 6. The average molecular weight is 570 g/mol. The van der Waals surface area contributed by atoms with Gasteiger partial charge in [-0.05, 0) is 45.3 Å². The monoisotopic (exact) mass is 569 g/mol. The summed E-state index contributed by atoms with van der Waals surface area (Å²) < 4.78 is 48.9. The van der Waals surface area contributed by atoms with E-state index in [1.54, 1.807) is 13.8 Å². The molecule has 2 fully saturated rings. The van der Waals surface area contributed by atoms with Gasteiger partial charge in [-0.3, -0.25) is 4.79 Å². The molecule has 0 radical (unpaired) electrons. The molecule has 10 nitrogen and oxygen atoms in total. The molecule has 4 heterocycles. The number of amides is 3. The molecular formula is C28H30F3N7O3. The number of urea groups is 1. The molecule has 0 aromatic carbocycles. The number of nitrogens with zero attached hydrogens (tertiary/aromatic N) is 6. The van der Waals surface area contributed by atoms with E-state index in [4.69, 9.17) is 4.74 Å². The number of aryl methyl sites for hydroxylation is 1. The van der Waals surface area contributed by atoms with Crippen molar-refractivity contribution in [3.05, 3.63) is 65.4 Å². The number of allylic oxidation sites excluding steroid dienone is 3. The Kier molecular flexibility index (Phi) is 7.70. The number of aromatic nitrogens is 3. The SMILES string of the molecule is C=C(/C=C(F)\C=C(/C)F)[C@@H]1CC=NN1C(=O)N1CC(Oc2cc(-n3nc(C)c(NC(=O)C4CC4)c3C)ncc2F)C1. The van der Waals surface area contributed by atoms with Gasteiger partial charge >= 0.3 is 6.03 Å². The summed E-state index contributed by atoms with van der Waals surface area (Å²) in [7, 11) is 0. The standard InChI is InChI=1S/C28H30F3N7O3/c1-15(9-20(30)10-16(2)29)23-7-8-33-38(23)28(40)36-13-21(14-36)41-24-11-25(32-12-22(24)31)37-18(4)26(17(3)35-37)34-27(39)19-5-6-19/h8-12,19,21,23H,1,5-7,13-14H2,2-4H3,(H,34,39)/b16-10+,20-9+/t23-/m0/s1. The third kappa shape index (κ3) is 6.03. The predicted octanol–water partition coefficient (Wildman–Crippen LogP) is 4.90. The van der Waals surface area contributed by atoms with Crippen LogP contribution in [0.3, 0.4) is 0 Å². The Labute approximate surface area is 234 Å². The van der Waals surface area contributed by atoms with E-state index in [-0.39, 0.29) is 36.2 Å². The number of nitrogens with one attached hydrogen (secondary N) is 1. The molecule has 5 rings (SSSR count). The summed E-state index contributed by atoms with van der Waals surface area (Å²) in [6.07, 6.45) is 5.96. The van der Waals surface area contributed by atoms with E-state index < -0.39 is 35.6 Å². The van der Waals surface area contributed by atoms with Crippen molar-refractivity contribution >= 4 is 23.8 Å². The molecule has 0 spiro atoms. The van der Waals surface area contributed by atoms with Gasteiger partial charge in [0, 0.05) is 30.7 Å². The molecule has 1 aliphatic carbocycles. The first kappa shape index (κ1) is 28.1. The lowest BCUT2D eigenvalue weighted by molar-refractivity contribution is -0.117. The van der Waals surface area contributed by atoms with Gasteiger partial charge in [0.15, 0.2) is 17.4 Å². The zero-order valence-corrected chi connectivity index (χ0v) is 22.9. The quantitative estimate of drug-likeness (QED) is 0.456. The van der Waals surface area contributed by atoms with Gasteiger partial charge in [-0.25, -0.2) is 32.6 Å². The van der Waals surface area contributed by atoms with Crippen LogP contribution in [0.5, 0.6) is 5.75 Å². The number of carbonyl (C=O) groups excluding carboxylic acids is 2. The van der Waals surface area contributed by atoms with Crippen LogP contribution in [0, 0.1) is 25.6 Å². The molecule has 216 valence electrons. The van der Waals surface area contributed by atoms with Crippen LogP contribution in [0.25, 0.3) is 5.82 Å². The number of rotatable bonds is 8. The molecule has 1 saturated heterocycles. The number of likely N-dealkylation sites (tertiary alicyclic amines) is 1. The van der Waals surface area contributed by atoms with Crippen LogP contribution in [0.15, 0.2) is 53.3 Å². The summed E-state index contributed by atoms with van der Waals surface area (Å²) >= 11 is 0. The van der Waals surface area contributed by atoms with E-state index in [1.165, 1.54) is 26.9 Å². The van der Waals surface area contributed by atoms with Crippen molar-refractivity contribution in [3.63, 3.8) is 0 Å². The first-order valence-corrected chi connectivity index (χ1v) is 13.2. The molecule has 0 bridgehead atoms. The van der Waals surface area contributed by atoms with E-state index in [9.17, 15) is 22.8 Å². The summed E-state index contributed by atoms with van der Waals surface area (Å²) in [6.45, 7) is 8.84. The van der Waals surface area contributed by atoms with Gasteiger partial charge in [-0.15, -0.1) is 0 Å². The van der Waals surface area contributed by atoms with Crippen molar-refractivity contribution in [3.8, 4) is 11.6 Å². The normalized spacial score (nSPS) is 19.4. The maximum Gasteiger partial charge on any atom is 0.341 e. The van der Waals surface area contributed by atoms with Crippen molar-refractivity contribution < 1.29 is 27.5 Å². The summed E-state index contributed by atoms with van der Waals surface area (Å²) in [5.74, 6) is -1.93. The molecule has 1 N–H and O–H groups in total. The number of hydrogen-bond donors (Lipinski definition) is 1. The van der Waals surface area contributed by atoms with Crippen molar-refractivity contribution in [2.75, 3.05) is 18.4 Å². The van der Waals surface area contributed by atoms with Crippen molar-refractivity contribution in [2.45, 2.75) is 52.2 Å². The van der Waals surface area contributed by atoms with Gasteiger partial charge in [0.05, 0.1) is 48.2 Å². The second-order valence-corrected chi connectivity index (χ2v) is 10.4. The predicted molar refractivity (Wildman–Crippen MR) is 145 cm³/mol. The van der Waals surface area contributed by atoms with Crippen molar-refractivity contribution in [2.24, 2.45) is 11.0 Å². The largest absolute Gasteiger partial charge is 0.483 e. The summed E-state index contributed by atoms with van der Waals surface area (Å²) in [4.78, 5) is 30.9. The highest BCUT2D eigenvalue weighted by Gasteiger charge is 2.39. The Hall–Kier alpha value is -4.42. The van der Waals surface area contributed by atoms with Crippen LogP contribution >= 0.6 is 0 Å². The van der Waals surface area contributed by atoms with Crippen LogP contribution in [0.1, 0.15) is 37.6 Å². The van der Waals surface area contributed by atoms with Gasteiger partial charge in [-0.2, -0.15) is 10.2 Å². The molecule has 3 amide bonds. The number of hydrazone groups is 1. The third-order valence-electron chi connectivity index (χ3n) is 7.04. The molecule has 2 aromatic rings. The Morgan fingerprint density at radius 2 is 1.93 bits per heavy atom. The molecule has 0 unspecified atom stereocenters. The fraction of sp³-hybridized carbons (Fsp3) is 0.393. The number of halogens is 3. The van der Waals surface area contributed by atoms with Crippen LogP contribution in [0.2, 0.25) is 0 Å². The third-order valence-corrected chi connectivity index (χ3v) is 7.04. The minimum absolute atomic E-state index is 0.0333. The molecule has 41 heavy (non-hydrogen) atoms. The van der Waals surface area contributed by atoms with Crippen LogP contribution in [-0.4, -0.2) is 68.1 Å². The Bertz CT molecular complexity index is 1480. The fourth-order valence-electron chi connectivity index (χ4n) is 4.64. The minimum Gasteiger partial charge on any atom is -0.483 e. The topological polar surface area (TPSA) is 105 Å². The van der Waals surface area contributed by atoms with Gasteiger partial charge in [0.25, 0.3) is 0 Å². The van der Waals surface area contributed by atoms with E-state index in [2.05, 4.69) is 27.1 Å². The zero-order valence-electron chi connectivity index (χ0n) is 22.9.